The molecule has 1 rings (SSSR count). The molecule has 30 heavy (non-hydrogen) atoms. The lowest BCUT2D eigenvalue weighted by atomic mass is 9.97. The monoisotopic (exact) mass is 438 g/mol. The van der Waals surface area contributed by atoms with Gasteiger partial charge < -0.3 is 0 Å². The first kappa shape index (κ1) is 27.2. The Morgan fingerprint density at radius 3 is 1.57 bits per heavy atom. The first-order valence-electron chi connectivity index (χ1n) is 12.6. The Hall–Kier alpha value is -0.870. The fraction of sp³-hybridized carbons (Fsp3) is 0.769. The van der Waals surface area contributed by atoms with Crippen LogP contribution in [0.3, 0.4) is 0 Å². The van der Waals surface area contributed by atoms with Crippen molar-refractivity contribution in [1.29, 1.82) is 0 Å². The Morgan fingerprint density at radius 1 is 0.633 bits per heavy atom. The molecule has 0 aliphatic carbocycles. The van der Waals surface area contributed by atoms with E-state index in [0.717, 1.165) is 43.2 Å². The van der Waals surface area contributed by atoms with Gasteiger partial charge in [-0.1, -0.05) is 116 Å². The average molecular weight is 439 g/mol. The first-order valence-corrected chi connectivity index (χ1v) is 14.0. The zero-order valence-corrected chi connectivity index (χ0v) is 20.4. The minimum atomic E-state index is -4.14. The van der Waals surface area contributed by atoms with Crippen LogP contribution in [0.15, 0.2) is 23.1 Å². The van der Waals surface area contributed by atoms with Gasteiger partial charge in [0, 0.05) is 0 Å². The highest BCUT2D eigenvalue weighted by atomic mass is 32.2. The molecule has 0 amide bonds. The SMILES string of the molecule is CCCCCCCCCCCCCCCCc1cccc(S(=O)(=O)O)c1CCCC. The zero-order chi connectivity index (χ0) is 22.1. The van der Waals surface area contributed by atoms with Crippen molar-refractivity contribution in [2.24, 2.45) is 0 Å². The third kappa shape index (κ3) is 12.1. The van der Waals surface area contributed by atoms with E-state index in [1.807, 2.05) is 6.07 Å². The van der Waals surface area contributed by atoms with Crippen LogP contribution in [-0.4, -0.2) is 13.0 Å². The van der Waals surface area contributed by atoms with Crippen molar-refractivity contribution in [2.45, 2.75) is 134 Å². The molecule has 0 heterocycles. The number of rotatable bonds is 19. The molecule has 0 bridgehead atoms. The van der Waals surface area contributed by atoms with Crippen LogP contribution in [0.1, 0.15) is 128 Å². The van der Waals surface area contributed by atoms with E-state index in [9.17, 15) is 13.0 Å². The molecular formula is C26H46O3S. The van der Waals surface area contributed by atoms with E-state index in [1.54, 1.807) is 6.07 Å². The van der Waals surface area contributed by atoms with E-state index in [0.29, 0.717) is 0 Å². The maximum atomic E-state index is 11.7. The summed E-state index contributed by atoms with van der Waals surface area (Å²) in [6.45, 7) is 4.37. The lowest BCUT2D eigenvalue weighted by Crippen LogP contribution is -2.07. The van der Waals surface area contributed by atoms with Gasteiger partial charge in [-0.15, -0.1) is 0 Å². The van der Waals surface area contributed by atoms with Crippen LogP contribution in [0.4, 0.5) is 0 Å². The van der Waals surface area contributed by atoms with Crippen molar-refractivity contribution in [3.05, 3.63) is 29.3 Å². The normalized spacial score (nSPS) is 11.8. The number of unbranched alkanes of at least 4 members (excludes halogenated alkanes) is 14. The summed E-state index contributed by atoms with van der Waals surface area (Å²) < 4.78 is 33.0. The Morgan fingerprint density at radius 2 is 1.10 bits per heavy atom. The standard InChI is InChI=1S/C26H46O3S/c1-3-5-7-8-9-10-11-12-13-14-15-16-17-18-20-24-21-19-23-26(30(27,28)29)25(24)22-6-4-2/h19,21,23H,3-18,20,22H2,1-2H3,(H,27,28,29). The van der Waals surface area contributed by atoms with Crippen LogP contribution in [0, 0.1) is 0 Å². The largest absolute Gasteiger partial charge is 0.294 e. The molecule has 0 aliphatic heterocycles. The Balaban J connectivity index is 2.19. The molecule has 0 unspecified atom stereocenters. The molecule has 3 nitrogen and oxygen atoms in total. The van der Waals surface area contributed by atoms with Crippen LogP contribution in [-0.2, 0) is 23.0 Å². The van der Waals surface area contributed by atoms with Crippen molar-refractivity contribution < 1.29 is 13.0 Å². The van der Waals surface area contributed by atoms with Crippen LogP contribution < -0.4 is 0 Å². The molecule has 174 valence electrons. The second-order valence-corrected chi connectivity index (χ2v) is 10.2. The van der Waals surface area contributed by atoms with E-state index < -0.39 is 10.1 Å². The highest BCUT2D eigenvalue weighted by Gasteiger charge is 2.17. The summed E-state index contributed by atoms with van der Waals surface area (Å²) in [6.07, 6.45) is 22.3. The number of hydrogen-bond donors (Lipinski definition) is 1. The predicted octanol–water partition coefficient (Wildman–Crippen LogP) is 8.30. The van der Waals surface area contributed by atoms with E-state index in [1.165, 1.54) is 89.5 Å². The minimum Gasteiger partial charge on any atom is -0.282 e. The van der Waals surface area contributed by atoms with Gasteiger partial charge in [0.2, 0.25) is 0 Å². The topological polar surface area (TPSA) is 54.4 Å². The van der Waals surface area contributed by atoms with E-state index in [2.05, 4.69) is 13.8 Å². The summed E-state index contributed by atoms with van der Waals surface area (Å²) in [5.41, 5.74) is 1.93. The second-order valence-electron chi connectivity index (χ2n) is 8.82. The van der Waals surface area contributed by atoms with Gasteiger partial charge in [0.05, 0.1) is 4.90 Å². The molecule has 0 aliphatic rings. The Bertz CT molecular complexity index is 652. The first-order chi connectivity index (χ1) is 14.5. The highest BCUT2D eigenvalue weighted by molar-refractivity contribution is 7.85. The van der Waals surface area contributed by atoms with Crippen LogP contribution >= 0.6 is 0 Å². The number of aryl methyl sites for hydroxylation is 1. The lowest BCUT2D eigenvalue weighted by Gasteiger charge is -2.13. The molecule has 0 saturated heterocycles. The third-order valence-electron chi connectivity index (χ3n) is 6.09. The summed E-state index contributed by atoms with van der Waals surface area (Å²) in [5, 5.41) is 0. The molecule has 0 radical (unpaired) electrons. The van der Waals surface area contributed by atoms with Gasteiger partial charge in [0.15, 0.2) is 0 Å². The molecule has 0 saturated carbocycles. The summed E-state index contributed by atoms with van der Waals surface area (Å²) in [5.74, 6) is 0. The molecule has 0 fully saturated rings. The van der Waals surface area contributed by atoms with Gasteiger partial charge in [-0.05, 0) is 42.9 Å². The molecule has 0 spiro atoms. The zero-order valence-electron chi connectivity index (χ0n) is 19.6. The maximum absolute atomic E-state index is 11.7. The molecule has 4 heteroatoms. The molecular weight excluding hydrogens is 392 g/mol. The van der Waals surface area contributed by atoms with Crippen LogP contribution in [0.25, 0.3) is 0 Å². The van der Waals surface area contributed by atoms with Crippen molar-refractivity contribution >= 4 is 10.1 Å². The fourth-order valence-electron chi connectivity index (χ4n) is 4.23. The van der Waals surface area contributed by atoms with E-state index >= 15 is 0 Å². The van der Waals surface area contributed by atoms with Crippen molar-refractivity contribution in [3.8, 4) is 0 Å². The van der Waals surface area contributed by atoms with Gasteiger partial charge in [-0.25, -0.2) is 0 Å². The summed E-state index contributed by atoms with van der Waals surface area (Å²) >= 11 is 0. The van der Waals surface area contributed by atoms with Crippen LogP contribution in [0.2, 0.25) is 0 Å². The van der Waals surface area contributed by atoms with Crippen molar-refractivity contribution in [2.75, 3.05) is 0 Å². The molecule has 1 N–H and O–H groups in total. The fourth-order valence-corrected chi connectivity index (χ4v) is 5.03. The van der Waals surface area contributed by atoms with Crippen LogP contribution in [0.5, 0.6) is 0 Å². The molecule has 1 aromatic rings. The van der Waals surface area contributed by atoms with Gasteiger partial charge in [-0.3, -0.25) is 4.55 Å². The highest BCUT2D eigenvalue weighted by Crippen LogP contribution is 2.24. The summed E-state index contributed by atoms with van der Waals surface area (Å²) in [7, 11) is -4.14. The van der Waals surface area contributed by atoms with Gasteiger partial charge in [-0.2, -0.15) is 8.42 Å². The van der Waals surface area contributed by atoms with Gasteiger partial charge in [0.25, 0.3) is 10.1 Å². The molecule has 0 atom stereocenters. The summed E-state index contributed by atoms with van der Waals surface area (Å²) in [4.78, 5) is 0.110. The third-order valence-corrected chi connectivity index (χ3v) is 7.03. The van der Waals surface area contributed by atoms with Crippen molar-refractivity contribution in [1.82, 2.24) is 0 Å². The van der Waals surface area contributed by atoms with Crippen molar-refractivity contribution in [3.63, 3.8) is 0 Å². The molecule has 0 aromatic heterocycles. The van der Waals surface area contributed by atoms with Gasteiger partial charge >= 0.3 is 0 Å². The predicted molar refractivity (Wildman–Crippen MR) is 129 cm³/mol. The molecule has 1 aromatic carbocycles. The average Bonchev–Trinajstić information content (AvgIpc) is 2.72. The smallest absolute Gasteiger partial charge is 0.282 e. The number of hydrogen-bond acceptors (Lipinski definition) is 2. The van der Waals surface area contributed by atoms with E-state index in [4.69, 9.17) is 0 Å². The lowest BCUT2D eigenvalue weighted by molar-refractivity contribution is 0.481. The second kappa shape index (κ2) is 16.8. The Kier molecular flexibility index (Phi) is 15.2. The van der Waals surface area contributed by atoms with Gasteiger partial charge in [0.1, 0.15) is 0 Å². The summed E-state index contributed by atoms with van der Waals surface area (Å²) in [6, 6.07) is 5.33. The van der Waals surface area contributed by atoms with E-state index in [-0.39, 0.29) is 4.90 Å². The quantitative estimate of drug-likeness (QED) is 0.174. The minimum absolute atomic E-state index is 0.110. The Labute approximate surface area is 186 Å². The number of benzene rings is 1. The maximum Gasteiger partial charge on any atom is 0.294 e.